The molecular formula is C24H24F3N3O3S. The molecule has 0 bridgehead atoms. The molecule has 180 valence electrons. The number of piperidine rings is 1. The SMILES string of the molecule is C#CCN1C(=O)C(Cc2ccccc2)NC12CCN(S(=O)(=O)c1ccccc1C(F)(F)F)CC2. The van der Waals surface area contributed by atoms with Gasteiger partial charge in [0, 0.05) is 13.1 Å². The van der Waals surface area contributed by atoms with Crippen molar-refractivity contribution in [1.29, 1.82) is 0 Å². The molecule has 1 unspecified atom stereocenters. The second kappa shape index (κ2) is 9.06. The van der Waals surface area contributed by atoms with Crippen LogP contribution >= 0.6 is 0 Å². The molecule has 0 radical (unpaired) electrons. The van der Waals surface area contributed by atoms with Gasteiger partial charge in [0.1, 0.15) is 0 Å². The van der Waals surface area contributed by atoms with Crippen LogP contribution in [-0.2, 0) is 27.4 Å². The molecule has 2 aliphatic heterocycles. The fraction of sp³-hybridized carbons (Fsp3) is 0.375. The first kappa shape index (κ1) is 24.3. The first-order valence-corrected chi connectivity index (χ1v) is 12.3. The number of terminal acetylenes is 1. The highest BCUT2D eigenvalue weighted by atomic mass is 32.2. The molecule has 34 heavy (non-hydrogen) atoms. The minimum Gasteiger partial charge on any atom is -0.312 e. The van der Waals surface area contributed by atoms with Crippen LogP contribution in [-0.4, -0.2) is 54.9 Å². The van der Waals surface area contributed by atoms with Crippen molar-refractivity contribution in [2.45, 2.75) is 42.0 Å². The molecule has 1 spiro atoms. The van der Waals surface area contributed by atoms with E-state index in [1.807, 2.05) is 30.3 Å². The van der Waals surface area contributed by atoms with Crippen LogP contribution in [0.25, 0.3) is 0 Å². The normalized spacial score (nSPS) is 21.1. The molecule has 2 aliphatic rings. The Morgan fingerprint density at radius 1 is 1.06 bits per heavy atom. The molecule has 1 atom stereocenters. The summed E-state index contributed by atoms with van der Waals surface area (Å²) in [5, 5.41) is 3.37. The predicted molar refractivity (Wildman–Crippen MR) is 120 cm³/mol. The van der Waals surface area contributed by atoms with Crippen molar-refractivity contribution in [3.63, 3.8) is 0 Å². The Hall–Kier alpha value is -2.87. The first-order chi connectivity index (χ1) is 16.1. The van der Waals surface area contributed by atoms with Crippen LogP contribution in [0.1, 0.15) is 24.0 Å². The van der Waals surface area contributed by atoms with Gasteiger partial charge in [0.2, 0.25) is 15.9 Å². The van der Waals surface area contributed by atoms with Crippen molar-refractivity contribution in [3.8, 4) is 12.3 Å². The number of nitrogens with one attached hydrogen (secondary N) is 1. The lowest BCUT2D eigenvalue weighted by Gasteiger charge is -2.43. The summed E-state index contributed by atoms with van der Waals surface area (Å²) in [6.07, 6.45) is 1.57. The van der Waals surface area contributed by atoms with E-state index in [0.717, 1.165) is 28.1 Å². The largest absolute Gasteiger partial charge is 0.417 e. The van der Waals surface area contributed by atoms with Gasteiger partial charge in [0.05, 0.1) is 28.7 Å². The Bertz CT molecular complexity index is 1200. The standard InChI is InChI=1S/C24H24F3N3O3S/c1-2-14-30-22(31)20(17-18-8-4-3-5-9-18)28-23(30)12-15-29(16-13-23)34(32,33)21-11-7-6-10-19(21)24(25,26)27/h1,3-11,20,28H,12-17H2. The molecule has 0 saturated carbocycles. The van der Waals surface area contributed by atoms with Crippen molar-refractivity contribution >= 4 is 15.9 Å². The summed E-state index contributed by atoms with van der Waals surface area (Å²) in [6, 6.07) is 13.1. The number of hydrogen-bond donors (Lipinski definition) is 1. The lowest BCUT2D eigenvalue weighted by atomic mass is 9.97. The van der Waals surface area contributed by atoms with E-state index in [4.69, 9.17) is 6.42 Å². The van der Waals surface area contributed by atoms with Crippen LogP contribution in [0, 0.1) is 12.3 Å². The molecule has 6 nitrogen and oxygen atoms in total. The van der Waals surface area contributed by atoms with Gasteiger partial charge in [-0.2, -0.15) is 17.5 Å². The van der Waals surface area contributed by atoms with E-state index >= 15 is 0 Å². The summed E-state index contributed by atoms with van der Waals surface area (Å²) in [5.74, 6) is 2.33. The number of benzene rings is 2. The molecule has 1 amide bonds. The van der Waals surface area contributed by atoms with Gasteiger partial charge in [0.25, 0.3) is 0 Å². The third kappa shape index (κ3) is 4.43. The average molecular weight is 492 g/mol. The average Bonchev–Trinajstić information content (AvgIpc) is 3.05. The summed E-state index contributed by atoms with van der Waals surface area (Å²) in [5.41, 5.74) is -1.07. The van der Waals surface area contributed by atoms with E-state index in [2.05, 4.69) is 11.2 Å². The Morgan fingerprint density at radius 3 is 2.29 bits per heavy atom. The number of rotatable bonds is 5. The highest BCUT2D eigenvalue weighted by molar-refractivity contribution is 7.89. The molecule has 0 aromatic heterocycles. The second-order valence-corrected chi connectivity index (χ2v) is 10.4. The minimum atomic E-state index is -4.80. The van der Waals surface area contributed by atoms with Gasteiger partial charge in [0.15, 0.2) is 0 Å². The molecule has 2 saturated heterocycles. The van der Waals surface area contributed by atoms with E-state index in [1.54, 1.807) is 4.90 Å². The molecule has 4 rings (SSSR count). The summed E-state index contributed by atoms with van der Waals surface area (Å²) in [6.45, 7) is -0.0390. The van der Waals surface area contributed by atoms with Crippen LogP contribution in [0.4, 0.5) is 13.2 Å². The van der Waals surface area contributed by atoms with E-state index in [1.165, 1.54) is 6.07 Å². The van der Waals surface area contributed by atoms with Crippen molar-refractivity contribution in [2.75, 3.05) is 19.6 Å². The number of amides is 1. The lowest BCUT2D eigenvalue weighted by molar-refractivity contribution is -0.140. The number of carbonyl (C=O) groups is 1. The maximum atomic E-state index is 13.4. The Kier molecular flexibility index (Phi) is 6.46. The van der Waals surface area contributed by atoms with E-state index in [-0.39, 0.29) is 38.4 Å². The molecule has 2 heterocycles. The van der Waals surface area contributed by atoms with Crippen molar-refractivity contribution < 1.29 is 26.4 Å². The molecule has 0 aliphatic carbocycles. The molecule has 1 N–H and O–H groups in total. The number of hydrogen-bond acceptors (Lipinski definition) is 4. The number of sulfonamides is 1. The van der Waals surface area contributed by atoms with E-state index < -0.39 is 38.4 Å². The summed E-state index contributed by atoms with van der Waals surface area (Å²) < 4.78 is 67.6. The van der Waals surface area contributed by atoms with Crippen LogP contribution in [0.5, 0.6) is 0 Å². The van der Waals surface area contributed by atoms with Crippen molar-refractivity contribution in [2.24, 2.45) is 0 Å². The number of alkyl halides is 3. The van der Waals surface area contributed by atoms with E-state index in [0.29, 0.717) is 6.42 Å². The highest BCUT2D eigenvalue weighted by Gasteiger charge is 2.52. The molecule has 10 heteroatoms. The third-order valence-corrected chi connectivity index (χ3v) is 8.37. The van der Waals surface area contributed by atoms with Crippen molar-refractivity contribution in [3.05, 3.63) is 65.7 Å². The van der Waals surface area contributed by atoms with Gasteiger partial charge in [-0.25, -0.2) is 8.42 Å². The lowest BCUT2D eigenvalue weighted by Crippen LogP contribution is -2.59. The number of halogens is 3. The maximum Gasteiger partial charge on any atom is 0.417 e. The fourth-order valence-corrected chi connectivity index (χ4v) is 6.40. The van der Waals surface area contributed by atoms with Crippen LogP contribution in [0.15, 0.2) is 59.5 Å². The van der Waals surface area contributed by atoms with Crippen molar-refractivity contribution in [1.82, 2.24) is 14.5 Å². The number of carbonyl (C=O) groups excluding carboxylic acids is 1. The van der Waals surface area contributed by atoms with Gasteiger partial charge in [-0.05, 0) is 37.0 Å². The highest BCUT2D eigenvalue weighted by Crippen LogP contribution is 2.38. The molecular weight excluding hydrogens is 467 g/mol. The first-order valence-electron chi connectivity index (χ1n) is 10.8. The molecule has 2 fully saturated rings. The molecule has 2 aromatic rings. The minimum absolute atomic E-state index is 0.0477. The summed E-state index contributed by atoms with van der Waals surface area (Å²) in [4.78, 5) is 13.9. The zero-order chi connectivity index (χ0) is 24.6. The number of nitrogens with zero attached hydrogens (tertiary/aromatic N) is 2. The Balaban J connectivity index is 1.56. The van der Waals surface area contributed by atoms with Crippen LogP contribution < -0.4 is 5.32 Å². The smallest absolute Gasteiger partial charge is 0.312 e. The zero-order valence-electron chi connectivity index (χ0n) is 18.3. The van der Waals surface area contributed by atoms with Gasteiger partial charge in [-0.3, -0.25) is 10.1 Å². The second-order valence-electron chi connectivity index (χ2n) is 8.44. The zero-order valence-corrected chi connectivity index (χ0v) is 19.1. The monoisotopic (exact) mass is 491 g/mol. The Labute approximate surface area is 196 Å². The predicted octanol–water partition coefficient (Wildman–Crippen LogP) is 2.86. The Morgan fingerprint density at radius 2 is 1.68 bits per heavy atom. The topological polar surface area (TPSA) is 69.7 Å². The third-order valence-electron chi connectivity index (χ3n) is 6.42. The van der Waals surface area contributed by atoms with Gasteiger partial charge in [-0.1, -0.05) is 48.4 Å². The fourth-order valence-electron chi connectivity index (χ4n) is 4.75. The van der Waals surface area contributed by atoms with Gasteiger partial charge < -0.3 is 4.90 Å². The molecule has 2 aromatic carbocycles. The van der Waals surface area contributed by atoms with Crippen LogP contribution in [0.2, 0.25) is 0 Å². The van der Waals surface area contributed by atoms with Crippen LogP contribution in [0.3, 0.4) is 0 Å². The van der Waals surface area contributed by atoms with Gasteiger partial charge in [-0.15, -0.1) is 6.42 Å². The van der Waals surface area contributed by atoms with E-state index in [9.17, 15) is 26.4 Å². The quantitative estimate of drug-likeness (QED) is 0.654. The summed E-state index contributed by atoms with van der Waals surface area (Å²) >= 11 is 0. The summed E-state index contributed by atoms with van der Waals surface area (Å²) in [7, 11) is -4.39. The van der Waals surface area contributed by atoms with Gasteiger partial charge >= 0.3 is 6.18 Å². The maximum absolute atomic E-state index is 13.4.